The second-order valence-corrected chi connectivity index (χ2v) is 6.90. The average Bonchev–Trinajstić information content (AvgIpc) is 3.41. The number of nitrogens with two attached hydrogens (primary N) is 1. The van der Waals surface area contributed by atoms with Crippen LogP contribution in [0.5, 0.6) is 0 Å². The van der Waals surface area contributed by atoms with Crippen LogP contribution in [0.2, 0.25) is 0 Å². The van der Waals surface area contributed by atoms with Gasteiger partial charge in [0, 0.05) is 30.4 Å². The van der Waals surface area contributed by atoms with Crippen molar-refractivity contribution in [3.05, 3.63) is 60.3 Å². The first-order valence-electron chi connectivity index (χ1n) is 8.83. The number of fused-ring (bicyclic) bond motifs is 1. The van der Waals surface area contributed by atoms with Crippen LogP contribution in [0.25, 0.3) is 22.3 Å². The van der Waals surface area contributed by atoms with E-state index < -0.39 is 23.6 Å². The van der Waals surface area contributed by atoms with Gasteiger partial charge in [0.2, 0.25) is 5.78 Å². The molecule has 150 valence electrons. The zero-order valence-electron chi connectivity index (χ0n) is 15.4. The summed E-state index contributed by atoms with van der Waals surface area (Å²) in [4.78, 5) is 48.1. The number of pyridine rings is 2. The number of aromatic nitrogens is 5. The van der Waals surface area contributed by atoms with Crippen molar-refractivity contribution in [2.24, 2.45) is 5.73 Å². The highest BCUT2D eigenvalue weighted by Crippen LogP contribution is 2.21. The highest BCUT2D eigenvalue weighted by atomic mass is 32.1. The molecule has 0 radical (unpaired) electrons. The molecule has 1 atom stereocenters. The maximum absolute atomic E-state index is 12.9. The van der Waals surface area contributed by atoms with Crippen LogP contribution in [-0.2, 0) is 16.0 Å². The highest BCUT2D eigenvalue weighted by Gasteiger charge is 2.29. The van der Waals surface area contributed by atoms with Crippen LogP contribution in [0.4, 0.5) is 0 Å². The lowest BCUT2D eigenvalue weighted by atomic mass is 10.0. The Balaban J connectivity index is 1.62. The van der Waals surface area contributed by atoms with Gasteiger partial charge in [-0.05, 0) is 23.8 Å². The number of H-pyrrole nitrogens is 1. The van der Waals surface area contributed by atoms with E-state index in [1.807, 2.05) is 0 Å². The maximum atomic E-state index is 12.9. The van der Waals surface area contributed by atoms with Crippen LogP contribution >= 0.6 is 11.7 Å². The molecule has 0 fully saturated rings. The fourth-order valence-electron chi connectivity index (χ4n) is 3.04. The zero-order valence-corrected chi connectivity index (χ0v) is 16.2. The summed E-state index contributed by atoms with van der Waals surface area (Å²) in [6.07, 6.45) is 6.59. The number of aromatic amines is 1. The number of carbonyl (C=O) groups excluding carboxylic acids is 3. The monoisotopic (exact) mass is 421 g/mol. The minimum absolute atomic E-state index is 0.0177. The van der Waals surface area contributed by atoms with Gasteiger partial charge in [0.25, 0.3) is 11.8 Å². The van der Waals surface area contributed by atoms with Crippen LogP contribution in [0.1, 0.15) is 16.1 Å². The summed E-state index contributed by atoms with van der Waals surface area (Å²) in [5.74, 6) is -2.69. The molecule has 11 heteroatoms. The molecule has 0 spiro atoms. The van der Waals surface area contributed by atoms with Gasteiger partial charge in [-0.1, -0.05) is 6.07 Å². The van der Waals surface area contributed by atoms with E-state index in [9.17, 15) is 14.4 Å². The van der Waals surface area contributed by atoms with Crippen molar-refractivity contribution in [3.63, 3.8) is 0 Å². The number of hydrogen-bond acceptors (Lipinski definition) is 8. The first-order valence-corrected chi connectivity index (χ1v) is 9.56. The molecule has 1 unspecified atom stereocenters. The Morgan fingerprint density at radius 2 is 2.03 bits per heavy atom. The molecular formula is C19H15N7O3S. The minimum atomic E-state index is -1.17. The number of ketones is 1. The molecule has 0 aliphatic heterocycles. The Morgan fingerprint density at radius 3 is 2.80 bits per heavy atom. The van der Waals surface area contributed by atoms with Crippen molar-refractivity contribution in [2.75, 3.05) is 0 Å². The van der Waals surface area contributed by atoms with E-state index in [-0.39, 0.29) is 12.1 Å². The average molecular weight is 421 g/mol. The number of carbonyl (C=O) groups is 3. The molecule has 2 amide bonds. The third-order valence-electron chi connectivity index (χ3n) is 4.47. The van der Waals surface area contributed by atoms with Gasteiger partial charge in [0.1, 0.15) is 11.7 Å². The number of rotatable bonds is 7. The molecule has 0 saturated carbocycles. The van der Waals surface area contributed by atoms with E-state index in [2.05, 4.69) is 29.0 Å². The molecule has 0 saturated heterocycles. The number of amides is 2. The Hall–Kier alpha value is -3.99. The smallest absolute Gasteiger partial charge is 0.287 e. The summed E-state index contributed by atoms with van der Waals surface area (Å²) in [7, 11) is 0. The number of Topliss-reactive ketones (excluding diaryl/α,β-unsaturated/α-hetero) is 1. The number of nitrogens with zero attached hydrogens (tertiary/aromatic N) is 4. The van der Waals surface area contributed by atoms with Crippen LogP contribution in [-0.4, -0.2) is 47.3 Å². The van der Waals surface area contributed by atoms with Crippen molar-refractivity contribution in [3.8, 4) is 11.4 Å². The predicted octanol–water partition coefficient (Wildman–Crippen LogP) is 0.872. The first-order chi connectivity index (χ1) is 14.5. The summed E-state index contributed by atoms with van der Waals surface area (Å²) in [5, 5.41) is 3.40. The van der Waals surface area contributed by atoms with E-state index in [0.29, 0.717) is 11.4 Å². The fraction of sp³-hybridized carbons (Fsp3) is 0.105. The third kappa shape index (κ3) is 3.78. The Morgan fingerprint density at radius 1 is 1.17 bits per heavy atom. The van der Waals surface area contributed by atoms with Gasteiger partial charge in [-0.25, -0.2) is 0 Å². The highest BCUT2D eigenvalue weighted by molar-refractivity contribution is 6.99. The van der Waals surface area contributed by atoms with Crippen LogP contribution in [0.3, 0.4) is 0 Å². The van der Waals surface area contributed by atoms with E-state index in [0.717, 1.165) is 28.2 Å². The summed E-state index contributed by atoms with van der Waals surface area (Å²) < 4.78 is 8.16. The maximum Gasteiger partial charge on any atom is 0.287 e. The van der Waals surface area contributed by atoms with E-state index in [4.69, 9.17) is 5.73 Å². The van der Waals surface area contributed by atoms with Gasteiger partial charge in [-0.15, -0.1) is 0 Å². The number of primary amides is 1. The third-order valence-corrected chi connectivity index (χ3v) is 5.00. The quantitative estimate of drug-likeness (QED) is 0.374. The molecule has 4 heterocycles. The molecule has 4 N–H and O–H groups in total. The van der Waals surface area contributed by atoms with Gasteiger partial charge >= 0.3 is 0 Å². The normalized spacial score (nSPS) is 11.9. The minimum Gasteiger partial charge on any atom is -0.363 e. The standard InChI is InChI=1S/C19H15N7O3S/c20-18(28)17(27)13(7-10-8-23-14-9-21-6-4-11(10)14)24-19(29)16-15(25-30-26-16)12-3-1-2-5-22-12/h1-6,8-9,13,23H,7H2,(H2,20,28)(H,24,29). The molecule has 0 aliphatic rings. The van der Waals surface area contributed by atoms with E-state index in [1.54, 1.807) is 49.1 Å². The number of nitrogens with one attached hydrogen (secondary N) is 2. The largest absolute Gasteiger partial charge is 0.363 e. The fourth-order valence-corrected chi connectivity index (χ4v) is 3.59. The number of hydrogen-bond donors (Lipinski definition) is 3. The van der Waals surface area contributed by atoms with Crippen molar-refractivity contribution in [2.45, 2.75) is 12.5 Å². The van der Waals surface area contributed by atoms with E-state index in [1.165, 1.54) is 0 Å². The second kappa shape index (κ2) is 8.17. The SMILES string of the molecule is NC(=O)C(=O)C(Cc1c[nH]c2cnccc12)NC(=O)c1nsnc1-c1ccccn1. The van der Waals surface area contributed by atoms with Crippen molar-refractivity contribution < 1.29 is 14.4 Å². The first kappa shape index (κ1) is 19.3. The lowest BCUT2D eigenvalue weighted by molar-refractivity contribution is -0.137. The molecule has 10 nitrogen and oxygen atoms in total. The van der Waals surface area contributed by atoms with Gasteiger partial charge < -0.3 is 16.0 Å². The Labute approximate surface area is 173 Å². The summed E-state index contributed by atoms with van der Waals surface area (Å²) in [5.41, 5.74) is 7.48. The molecular weight excluding hydrogens is 406 g/mol. The van der Waals surface area contributed by atoms with Crippen molar-refractivity contribution >= 4 is 40.2 Å². The summed E-state index contributed by atoms with van der Waals surface area (Å²) in [6, 6.07) is 5.80. The van der Waals surface area contributed by atoms with Crippen LogP contribution in [0, 0.1) is 0 Å². The van der Waals surface area contributed by atoms with E-state index >= 15 is 0 Å². The summed E-state index contributed by atoms with van der Waals surface area (Å²) >= 11 is 0.849. The van der Waals surface area contributed by atoms with Crippen LogP contribution < -0.4 is 11.1 Å². The van der Waals surface area contributed by atoms with Gasteiger partial charge in [0.05, 0.1) is 29.1 Å². The zero-order chi connectivity index (χ0) is 21.1. The van der Waals surface area contributed by atoms with Crippen molar-refractivity contribution in [1.29, 1.82) is 0 Å². The molecule has 4 rings (SSSR count). The Kier molecular flexibility index (Phi) is 5.26. The molecule has 4 aromatic heterocycles. The molecule has 30 heavy (non-hydrogen) atoms. The predicted molar refractivity (Wildman–Crippen MR) is 108 cm³/mol. The van der Waals surface area contributed by atoms with Gasteiger partial charge in [0.15, 0.2) is 5.69 Å². The summed E-state index contributed by atoms with van der Waals surface area (Å²) in [6.45, 7) is 0. The molecule has 4 aromatic rings. The topological polar surface area (TPSA) is 157 Å². The molecule has 0 bridgehead atoms. The molecule has 0 aliphatic carbocycles. The second-order valence-electron chi connectivity index (χ2n) is 6.37. The van der Waals surface area contributed by atoms with Crippen molar-refractivity contribution in [1.82, 2.24) is 29.0 Å². The lowest BCUT2D eigenvalue weighted by Gasteiger charge is -2.15. The Bertz CT molecular complexity index is 1240. The molecule has 0 aromatic carbocycles. The lowest BCUT2D eigenvalue weighted by Crippen LogP contribution is -2.47. The van der Waals surface area contributed by atoms with Crippen LogP contribution in [0.15, 0.2) is 49.1 Å². The van der Waals surface area contributed by atoms with Gasteiger partial charge in [-0.3, -0.25) is 24.4 Å². The van der Waals surface area contributed by atoms with Gasteiger partial charge in [-0.2, -0.15) is 8.75 Å².